The number of nitrogens with one attached hydrogen (secondary N) is 2. The number of rotatable bonds is 5. The van der Waals surface area contributed by atoms with E-state index in [2.05, 4.69) is 15.6 Å². The molecule has 0 spiro atoms. The van der Waals surface area contributed by atoms with Crippen LogP contribution in [-0.4, -0.2) is 15.9 Å². The number of anilines is 1. The number of carbonyl (C=O) groups is 1. The largest absolute Gasteiger partial charge is 0.327 e. The van der Waals surface area contributed by atoms with E-state index in [1.165, 1.54) is 18.2 Å². The molecule has 2 aromatic carbocycles. The fourth-order valence-corrected chi connectivity index (χ4v) is 2.56. The summed E-state index contributed by atoms with van der Waals surface area (Å²) in [5.74, 6) is 0. The van der Waals surface area contributed by atoms with Crippen LogP contribution < -0.4 is 10.6 Å². The van der Waals surface area contributed by atoms with Crippen LogP contribution in [0.2, 0.25) is 0 Å². The minimum atomic E-state index is -0.507. The molecule has 130 valence electrons. The topological polar surface area (TPSA) is 97.2 Å². The van der Waals surface area contributed by atoms with Gasteiger partial charge in [-0.15, -0.1) is 0 Å². The van der Waals surface area contributed by atoms with E-state index in [1.54, 1.807) is 18.5 Å². The molecule has 0 aliphatic carbocycles. The zero-order valence-corrected chi connectivity index (χ0v) is 13.7. The predicted octanol–water partition coefficient (Wildman–Crippen LogP) is 3.90. The van der Waals surface area contributed by atoms with Gasteiger partial charge in [-0.3, -0.25) is 15.1 Å². The van der Waals surface area contributed by atoms with Gasteiger partial charge in [-0.25, -0.2) is 4.79 Å². The van der Waals surface area contributed by atoms with E-state index in [0.717, 1.165) is 11.1 Å². The molecule has 1 heterocycles. The number of hydrogen-bond donors (Lipinski definition) is 2. The van der Waals surface area contributed by atoms with Gasteiger partial charge in [0.15, 0.2) is 0 Å². The van der Waals surface area contributed by atoms with Crippen LogP contribution in [0, 0.1) is 10.1 Å². The van der Waals surface area contributed by atoms with Gasteiger partial charge in [-0.1, -0.05) is 36.4 Å². The highest BCUT2D eigenvalue weighted by molar-refractivity contribution is 5.90. The van der Waals surface area contributed by atoms with E-state index in [-0.39, 0.29) is 11.7 Å². The molecule has 0 saturated heterocycles. The summed E-state index contributed by atoms with van der Waals surface area (Å²) in [6.07, 6.45) is 3.32. The molecule has 7 heteroatoms. The van der Waals surface area contributed by atoms with Gasteiger partial charge < -0.3 is 10.6 Å². The Labute approximate surface area is 149 Å². The van der Waals surface area contributed by atoms with Crippen LogP contribution in [0.25, 0.3) is 0 Å². The number of non-ortho nitro benzene ring substituents is 1. The van der Waals surface area contributed by atoms with Gasteiger partial charge >= 0.3 is 6.03 Å². The number of nitro groups is 1. The molecular formula is C19H16N4O3. The van der Waals surface area contributed by atoms with E-state index < -0.39 is 11.0 Å². The highest BCUT2D eigenvalue weighted by Crippen LogP contribution is 2.22. The molecule has 0 radical (unpaired) electrons. The van der Waals surface area contributed by atoms with Crippen LogP contribution in [0.5, 0.6) is 0 Å². The van der Waals surface area contributed by atoms with Crippen molar-refractivity contribution in [2.24, 2.45) is 0 Å². The first-order valence-electron chi connectivity index (χ1n) is 7.90. The van der Waals surface area contributed by atoms with Gasteiger partial charge in [0.2, 0.25) is 0 Å². The first kappa shape index (κ1) is 17.1. The molecule has 0 aliphatic rings. The van der Waals surface area contributed by atoms with Crippen LogP contribution in [-0.2, 0) is 0 Å². The lowest BCUT2D eigenvalue weighted by Crippen LogP contribution is -2.33. The monoisotopic (exact) mass is 348 g/mol. The maximum atomic E-state index is 12.4. The van der Waals surface area contributed by atoms with Gasteiger partial charge in [-0.2, -0.15) is 0 Å². The van der Waals surface area contributed by atoms with Crippen molar-refractivity contribution in [2.75, 3.05) is 5.32 Å². The Bertz CT molecular complexity index is 861. The lowest BCUT2D eigenvalue weighted by molar-refractivity contribution is -0.384. The molecule has 1 unspecified atom stereocenters. The Morgan fingerprint density at radius 3 is 2.35 bits per heavy atom. The number of benzene rings is 2. The van der Waals surface area contributed by atoms with Crippen LogP contribution in [0.1, 0.15) is 17.2 Å². The Balaban J connectivity index is 1.80. The summed E-state index contributed by atoms with van der Waals surface area (Å²) >= 11 is 0. The Morgan fingerprint density at radius 2 is 1.65 bits per heavy atom. The maximum Gasteiger partial charge on any atom is 0.319 e. The number of aromatic nitrogens is 1. The minimum Gasteiger partial charge on any atom is -0.327 e. The second kappa shape index (κ2) is 7.89. The SMILES string of the molecule is O=C(Nc1cccc([N+](=O)[O-])c1)NC(c1ccccc1)c1ccncc1. The number of nitrogens with zero attached hydrogens (tertiary/aromatic N) is 2. The number of urea groups is 1. The van der Waals surface area contributed by atoms with Crippen LogP contribution in [0.4, 0.5) is 16.2 Å². The third-order valence-corrected chi connectivity index (χ3v) is 3.76. The Morgan fingerprint density at radius 1 is 0.962 bits per heavy atom. The summed E-state index contributed by atoms with van der Waals surface area (Å²) in [6, 6.07) is 18.1. The van der Waals surface area contributed by atoms with E-state index in [1.807, 2.05) is 42.5 Å². The Hall–Kier alpha value is -3.74. The van der Waals surface area contributed by atoms with Gasteiger partial charge in [0.05, 0.1) is 11.0 Å². The summed E-state index contributed by atoms with van der Waals surface area (Å²) in [5.41, 5.74) is 2.04. The fraction of sp³-hybridized carbons (Fsp3) is 0.0526. The van der Waals surface area contributed by atoms with E-state index in [4.69, 9.17) is 0 Å². The average Bonchev–Trinajstić information content (AvgIpc) is 2.67. The summed E-state index contributed by atoms with van der Waals surface area (Å²) in [6.45, 7) is 0. The van der Waals surface area contributed by atoms with Crippen molar-refractivity contribution in [1.82, 2.24) is 10.3 Å². The molecular weight excluding hydrogens is 332 g/mol. The lowest BCUT2D eigenvalue weighted by Gasteiger charge is -2.20. The molecule has 0 bridgehead atoms. The van der Waals surface area contributed by atoms with Crippen LogP contribution in [0.3, 0.4) is 0 Å². The summed E-state index contributed by atoms with van der Waals surface area (Å²) < 4.78 is 0. The standard InChI is InChI=1S/C19H16N4O3/c24-19(21-16-7-4-8-17(13-16)23(25)26)22-18(14-5-2-1-3-6-14)15-9-11-20-12-10-15/h1-13,18H,(H2,21,22,24). The van der Waals surface area contributed by atoms with Crippen molar-refractivity contribution in [3.63, 3.8) is 0 Å². The Kier molecular flexibility index (Phi) is 5.19. The highest BCUT2D eigenvalue weighted by Gasteiger charge is 2.17. The highest BCUT2D eigenvalue weighted by atomic mass is 16.6. The number of amides is 2. The number of nitro benzene ring substituents is 1. The van der Waals surface area contributed by atoms with Crippen LogP contribution >= 0.6 is 0 Å². The van der Waals surface area contributed by atoms with E-state index in [9.17, 15) is 14.9 Å². The number of hydrogen-bond acceptors (Lipinski definition) is 4. The third kappa shape index (κ3) is 4.21. The van der Waals surface area contributed by atoms with Crippen molar-refractivity contribution >= 4 is 17.4 Å². The first-order valence-corrected chi connectivity index (χ1v) is 7.90. The average molecular weight is 348 g/mol. The second-order valence-corrected chi connectivity index (χ2v) is 5.53. The maximum absolute atomic E-state index is 12.4. The molecule has 2 amide bonds. The molecule has 0 aliphatic heterocycles. The molecule has 7 nitrogen and oxygen atoms in total. The number of pyridine rings is 1. The third-order valence-electron chi connectivity index (χ3n) is 3.76. The number of carbonyl (C=O) groups excluding carboxylic acids is 1. The molecule has 1 atom stereocenters. The molecule has 2 N–H and O–H groups in total. The smallest absolute Gasteiger partial charge is 0.319 e. The normalized spacial score (nSPS) is 11.4. The summed E-state index contributed by atoms with van der Waals surface area (Å²) in [5, 5.41) is 16.4. The summed E-state index contributed by atoms with van der Waals surface area (Å²) in [4.78, 5) is 26.8. The van der Waals surface area contributed by atoms with E-state index in [0.29, 0.717) is 5.69 Å². The summed E-state index contributed by atoms with van der Waals surface area (Å²) in [7, 11) is 0. The zero-order chi connectivity index (χ0) is 18.4. The van der Waals surface area contributed by atoms with Crippen molar-refractivity contribution in [3.05, 3.63) is 100 Å². The van der Waals surface area contributed by atoms with Crippen molar-refractivity contribution in [2.45, 2.75) is 6.04 Å². The van der Waals surface area contributed by atoms with Gasteiger partial charge in [-0.05, 0) is 29.3 Å². The zero-order valence-electron chi connectivity index (χ0n) is 13.7. The molecule has 0 saturated carbocycles. The van der Waals surface area contributed by atoms with E-state index >= 15 is 0 Å². The van der Waals surface area contributed by atoms with Crippen molar-refractivity contribution < 1.29 is 9.72 Å². The molecule has 26 heavy (non-hydrogen) atoms. The van der Waals surface area contributed by atoms with Gasteiger partial charge in [0, 0.05) is 30.2 Å². The van der Waals surface area contributed by atoms with Gasteiger partial charge in [0.25, 0.3) is 5.69 Å². The van der Waals surface area contributed by atoms with Crippen molar-refractivity contribution in [3.8, 4) is 0 Å². The first-order chi connectivity index (χ1) is 12.6. The second-order valence-electron chi connectivity index (χ2n) is 5.53. The van der Waals surface area contributed by atoms with Gasteiger partial charge in [0.1, 0.15) is 0 Å². The quantitative estimate of drug-likeness (QED) is 0.540. The van der Waals surface area contributed by atoms with Crippen LogP contribution in [0.15, 0.2) is 79.1 Å². The van der Waals surface area contributed by atoms with Crippen molar-refractivity contribution in [1.29, 1.82) is 0 Å². The lowest BCUT2D eigenvalue weighted by atomic mass is 10.00. The minimum absolute atomic E-state index is 0.0865. The molecule has 1 aromatic heterocycles. The fourth-order valence-electron chi connectivity index (χ4n) is 2.56. The molecule has 3 aromatic rings. The predicted molar refractivity (Wildman–Crippen MR) is 97.8 cm³/mol. The molecule has 0 fully saturated rings. The molecule has 3 rings (SSSR count).